The van der Waals surface area contributed by atoms with Crippen LogP contribution >= 0.6 is 0 Å². The molecule has 0 atom stereocenters. The predicted molar refractivity (Wildman–Crippen MR) is 240 cm³/mol. The standard InChI is InChI=1S/C40H37N9O11S3.Na/c1-4-49(5-2)30-16-19-32(33(22-30)42-23(3)50)46-43-27-10-6-24(7-11-27)25-8-12-28(13-9-25)44-47-38-34(62(55,56)57)20-26-21-35(63(58,59)60)39(40(51)36(26)37(38)41)48-45-29-14-17-31(18-15-29)61(52,53)54;/h6-22,51H,4-5,41H2,1-3H3,(H,42,50)(H,52,53,54)(H,55,56,57)(H,58,59,60);. The van der Waals surface area contributed by atoms with Crippen LogP contribution in [0.4, 0.5) is 51.2 Å². The number of carbonyl (C=O) groups excluding carboxylic acids is 1. The SMILES string of the molecule is CCN(CC)c1ccc(N=Nc2ccc(-c3ccc(N=Nc4c(S(=O)(=O)O)cc5cc(S(=O)(=O)O)c(N=Nc6ccc(S(=O)(=O)O)cc6)c(O)c5c4N)cc3)cc2)c(NC(C)=O)c1.[Na]. The van der Waals surface area contributed by atoms with E-state index in [-0.39, 0.29) is 52.2 Å². The maximum absolute atomic E-state index is 12.5. The molecule has 6 aromatic carbocycles. The number of nitrogens with zero attached hydrogens (tertiary/aromatic N) is 7. The Bertz CT molecular complexity index is 3190. The number of azo groups is 3. The number of rotatable bonds is 14. The summed E-state index contributed by atoms with van der Waals surface area (Å²) in [5.74, 6) is -1.24. The summed E-state index contributed by atoms with van der Waals surface area (Å²) in [7, 11) is -14.9. The van der Waals surface area contributed by atoms with Crippen molar-refractivity contribution < 1.29 is 48.8 Å². The number of hydrogen-bond donors (Lipinski definition) is 6. The van der Waals surface area contributed by atoms with E-state index in [4.69, 9.17) is 5.73 Å². The minimum absolute atomic E-state index is 0. The largest absolute Gasteiger partial charge is 0.505 e. The summed E-state index contributed by atoms with van der Waals surface area (Å²) in [6.07, 6.45) is 0. The minimum atomic E-state index is -5.19. The smallest absolute Gasteiger partial charge is 0.296 e. The molecule has 0 bridgehead atoms. The van der Waals surface area contributed by atoms with Crippen LogP contribution in [0, 0.1) is 0 Å². The van der Waals surface area contributed by atoms with Crippen molar-refractivity contribution in [2.24, 2.45) is 30.7 Å². The first kappa shape index (κ1) is 49.0. The third-order valence-corrected chi connectivity index (χ3v) is 11.9. The van der Waals surface area contributed by atoms with Gasteiger partial charge in [0.15, 0.2) is 5.75 Å². The molecule has 24 heteroatoms. The molecule has 1 amide bonds. The maximum Gasteiger partial charge on any atom is 0.296 e. The summed E-state index contributed by atoms with van der Waals surface area (Å²) in [4.78, 5) is 11.6. The van der Waals surface area contributed by atoms with Gasteiger partial charge in [-0.2, -0.15) is 40.6 Å². The number of phenolic OH excluding ortho intramolecular Hbond substituents is 1. The molecule has 0 aliphatic rings. The second kappa shape index (κ2) is 19.8. The maximum atomic E-state index is 12.5. The Labute approximate surface area is 389 Å². The number of fused-ring (bicyclic) bond motifs is 1. The Hall–Kier alpha value is -6.02. The number of nitrogens with two attached hydrogens (primary N) is 1. The van der Waals surface area contributed by atoms with Crippen molar-refractivity contribution in [3.05, 3.63) is 103 Å². The van der Waals surface area contributed by atoms with Crippen molar-refractivity contribution in [2.45, 2.75) is 35.5 Å². The molecule has 64 heavy (non-hydrogen) atoms. The van der Waals surface area contributed by atoms with Crippen molar-refractivity contribution in [3.8, 4) is 16.9 Å². The van der Waals surface area contributed by atoms with Crippen molar-refractivity contribution >= 4 is 128 Å². The number of benzene rings is 6. The van der Waals surface area contributed by atoms with Gasteiger partial charge in [0.2, 0.25) is 5.91 Å². The first-order chi connectivity index (χ1) is 29.7. The first-order valence-electron chi connectivity index (χ1n) is 18.4. The minimum Gasteiger partial charge on any atom is -0.505 e. The average molecular weight is 939 g/mol. The topological polar surface area (TPSA) is 316 Å². The molecule has 0 saturated heterocycles. The zero-order valence-corrected chi connectivity index (χ0v) is 38.8. The van der Waals surface area contributed by atoms with Crippen LogP contribution in [-0.4, -0.2) is 92.6 Å². The van der Waals surface area contributed by atoms with Crippen LogP contribution in [0.15, 0.2) is 149 Å². The Balaban J connectivity index is 0.00000771. The van der Waals surface area contributed by atoms with Crippen LogP contribution in [0.3, 0.4) is 0 Å². The van der Waals surface area contributed by atoms with Gasteiger partial charge in [0.25, 0.3) is 30.4 Å². The van der Waals surface area contributed by atoms with E-state index in [2.05, 4.69) is 40.9 Å². The number of phenols is 1. The number of aromatic hydroxyl groups is 1. The second-order valence-corrected chi connectivity index (χ2v) is 17.7. The van der Waals surface area contributed by atoms with Gasteiger partial charge < -0.3 is 21.1 Å². The molecule has 20 nitrogen and oxygen atoms in total. The summed E-state index contributed by atoms with van der Waals surface area (Å²) in [5.41, 5.74) is 8.37. The monoisotopic (exact) mass is 938 g/mol. The van der Waals surface area contributed by atoms with Crippen LogP contribution in [-0.2, 0) is 35.1 Å². The van der Waals surface area contributed by atoms with E-state index in [0.29, 0.717) is 17.1 Å². The molecule has 6 aromatic rings. The molecule has 327 valence electrons. The van der Waals surface area contributed by atoms with Crippen molar-refractivity contribution in [1.29, 1.82) is 0 Å². The number of carbonyl (C=O) groups is 1. The molecule has 0 aliphatic carbocycles. The van der Waals surface area contributed by atoms with Crippen LogP contribution in [0.1, 0.15) is 20.8 Å². The molecule has 1 radical (unpaired) electrons. The zero-order chi connectivity index (χ0) is 45.9. The van der Waals surface area contributed by atoms with Crippen molar-refractivity contribution in [1.82, 2.24) is 0 Å². The molecule has 0 spiro atoms. The Kier molecular flexibility index (Phi) is 15.2. The van der Waals surface area contributed by atoms with Gasteiger partial charge in [-0.15, -0.1) is 15.3 Å². The molecule has 0 fully saturated rings. The molecule has 0 aliphatic heterocycles. The van der Waals surface area contributed by atoms with Crippen molar-refractivity contribution in [2.75, 3.05) is 29.0 Å². The fraction of sp³-hybridized carbons (Fsp3) is 0.125. The Morgan fingerprint density at radius 3 is 1.53 bits per heavy atom. The average Bonchev–Trinajstić information content (AvgIpc) is 3.22. The quantitative estimate of drug-likeness (QED) is 0.0257. The summed E-state index contributed by atoms with van der Waals surface area (Å²) >= 11 is 0. The van der Waals surface area contributed by atoms with E-state index < -0.39 is 73.2 Å². The Morgan fingerprint density at radius 2 is 1.08 bits per heavy atom. The van der Waals surface area contributed by atoms with Gasteiger partial charge in [-0.3, -0.25) is 18.5 Å². The van der Waals surface area contributed by atoms with Crippen molar-refractivity contribution in [3.63, 3.8) is 0 Å². The molecule has 0 aromatic heterocycles. The van der Waals surface area contributed by atoms with E-state index in [0.717, 1.165) is 66.3 Å². The van der Waals surface area contributed by atoms with E-state index in [1.165, 1.54) is 6.92 Å². The van der Waals surface area contributed by atoms with Gasteiger partial charge in [-0.1, -0.05) is 24.3 Å². The Morgan fingerprint density at radius 1 is 0.625 bits per heavy atom. The second-order valence-electron chi connectivity index (χ2n) is 13.5. The van der Waals surface area contributed by atoms with Crippen LogP contribution in [0.2, 0.25) is 0 Å². The predicted octanol–water partition coefficient (Wildman–Crippen LogP) is 9.20. The van der Waals surface area contributed by atoms with Gasteiger partial charge in [-0.05, 0) is 109 Å². The van der Waals surface area contributed by atoms with Gasteiger partial charge >= 0.3 is 0 Å². The van der Waals surface area contributed by atoms with E-state index in [9.17, 15) is 48.8 Å². The fourth-order valence-corrected chi connectivity index (χ4v) is 8.05. The number of amides is 1. The number of nitrogens with one attached hydrogen (secondary N) is 1. The van der Waals surface area contributed by atoms with Gasteiger partial charge in [0.05, 0.1) is 38.7 Å². The van der Waals surface area contributed by atoms with E-state index >= 15 is 0 Å². The first-order valence-corrected chi connectivity index (χ1v) is 22.8. The normalized spacial score (nSPS) is 12.3. The fourth-order valence-electron chi connectivity index (χ4n) is 6.24. The molecular formula is C40H37N9NaO11S3. The summed E-state index contributed by atoms with van der Waals surface area (Å²) in [6.45, 7) is 7.07. The number of nitrogen functional groups attached to an aromatic ring is 1. The van der Waals surface area contributed by atoms with E-state index in [1.807, 2.05) is 38.1 Å². The number of anilines is 3. The van der Waals surface area contributed by atoms with Crippen LogP contribution in [0.5, 0.6) is 5.75 Å². The van der Waals surface area contributed by atoms with Crippen LogP contribution < -0.4 is 16.0 Å². The summed E-state index contributed by atoms with van der Waals surface area (Å²) < 4.78 is 102. The summed E-state index contributed by atoms with van der Waals surface area (Å²) in [5, 5.41) is 37.6. The third-order valence-electron chi connectivity index (χ3n) is 9.30. The summed E-state index contributed by atoms with van der Waals surface area (Å²) in [6, 6.07) is 24.8. The van der Waals surface area contributed by atoms with E-state index in [1.54, 1.807) is 42.5 Å². The molecule has 0 unspecified atom stereocenters. The third kappa shape index (κ3) is 11.4. The van der Waals surface area contributed by atoms with Gasteiger partial charge in [-0.25, -0.2) is 0 Å². The molecule has 0 heterocycles. The molecule has 7 N–H and O–H groups in total. The molecule has 6 rings (SSSR count). The number of hydrogen-bond acceptors (Lipinski definition) is 16. The van der Waals surface area contributed by atoms with Gasteiger partial charge in [0.1, 0.15) is 26.9 Å². The van der Waals surface area contributed by atoms with Crippen LogP contribution in [0.25, 0.3) is 21.9 Å². The zero-order valence-electron chi connectivity index (χ0n) is 34.3. The van der Waals surface area contributed by atoms with Gasteiger partial charge in [0, 0.05) is 55.3 Å². The molecule has 0 saturated carbocycles. The molecular weight excluding hydrogens is 902 g/mol.